The topological polar surface area (TPSA) is 87.7 Å². The maximum absolute atomic E-state index is 12.0. The number of ether oxygens (including phenoxy) is 1. The summed E-state index contributed by atoms with van der Waals surface area (Å²) >= 11 is 0. The van der Waals surface area contributed by atoms with E-state index < -0.39 is 17.9 Å². The smallest absolute Gasteiger partial charge is 0.313 e. The summed E-state index contributed by atoms with van der Waals surface area (Å²) in [5.74, 6) is -0.851. The summed E-state index contributed by atoms with van der Waals surface area (Å²) in [6.07, 6.45) is -0.439. The van der Waals surface area contributed by atoms with Crippen LogP contribution in [0.25, 0.3) is 10.8 Å². The summed E-state index contributed by atoms with van der Waals surface area (Å²) in [4.78, 5) is 23.9. The Bertz CT molecular complexity index is 964. The number of hydrogen-bond donors (Lipinski definition) is 3. The molecule has 0 heterocycles. The summed E-state index contributed by atoms with van der Waals surface area (Å²) < 4.78 is 5.04. The van der Waals surface area contributed by atoms with Crippen LogP contribution in [0.4, 0.5) is 5.69 Å². The quantitative estimate of drug-likeness (QED) is 0.576. The predicted molar refractivity (Wildman–Crippen MR) is 108 cm³/mol. The Balaban J connectivity index is 1.52. The van der Waals surface area contributed by atoms with Crippen LogP contribution in [0.3, 0.4) is 0 Å². The number of amides is 2. The van der Waals surface area contributed by atoms with Crippen LogP contribution in [0.15, 0.2) is 66.7 Å². The zero-order valence-corrected chi connectivity index (χ0v) is 15.5. The molecule has 0 aliphatic carbocycles. The van der Waals surface area contributed by atoms with E-state index in [1.54, 1.807) is 31.4 Å². The van der Waals surface area contributed by atoms with Crippen molar-refractivity contribution in [3.63, 3.8) is 0 Å². The molecule has 1 atom stereocenters. The fourth-order valence-electron chi connectivity index (χ4n) is 2.96. The minimum absolute atomic E-state index is 0.180. The Morgan fingerprint density at radius 3 is 2.43 bits per heavy atom. The second-order valence-electron chi connectivity index (χ2n) is 6.31. The molecule has 3 aromatic carbocycles. The van der Waals surface area contributed by atoms with Crippen LogP contribution in [0.1, 0.15) is 18.1 Å². The number of fused-ring (bicyclic) bond motifs is 1. The molecule has 0 bridgehead atoms. The van der Waals surface area contributed by atoms with Gasteiger partial charge in [-0.1, -0.05) is 42.5 Å². The second kappa shape index (κ2) is 9.01. The van der Waals surface area contributed by atoms with Crippen molar-refractivity contribution in [2.75, 3.05) is 19.0 Å². The lowest BCUT2D eigenvalue weighted by molar-refractivity contribution is -0.136. The number of hydrogen-bond acceptors (Lipinski definition) is 4. The summed E-state index contributed by atoms with van der Waals surface area (Å²) in [5.41, 5.74) is 1.30. The van der Waals surface area contributed by atoms with Crippen LogP contribution in [0.5, 0.6) is 5.75 Å². The molecule has 0 saturated heterocycles. The number of nitrogens with one attached hydrogen (secondary N) is 2. The van der Waals surface area contributed by atoms with Crippen molar-refractivity contribution in [3.05, 3.63) is 72.3 Å². The lowest BCUT2D eigenvalue weighted by atomic mass is 9.99. The lowest BCUT2D eigenvalue weighted by Gasteiger charge is -2.14. The Hall–Kier alpha value is -3.38. The van der Waals surface area contributed by atoms with Gasteiger partial charge in [-0.05, 0) is 47.0 Å². The highest BCUT2D eigenvalue weighted by Crippen LogP contribution is 2.25. The highest BCUT2D eigenvalue weighted by molar-refractivity contribution is 6.39. The maximum Gasteiger partial charge on any atom is 0.313 e. The van der Waals surface area contributed by atoms with E-state index in [0.29, 0.717) is 17.9 Å². The Morgan fingerprint density at radius 2 is 1.68 bits per heavy atom. The number of rotatable bonds is 6. The normalized spacial score (nSPS) is 11.6. The molecule has 0 saturated carbocycles. The zero-order valence-electron chi connectivity index (χ0n) is 15.5. The number of carbonyl (C=O) groups is 2. The number of aliphatic hydroxyl groups excluding tert-OH is 1. The molecule has 3 aromatic rings. The molecular formula is C22H22N2O4. The van der Waals surface area contributed by atoms with Gasteiger partial charge >= 0.3 is 11.8 Å². The Kier molecular flexibility index (Phi) is 6.24. The van der Waals surface area contributed by atoms with Gasteiger partial charge in [-0.15, -0.1) is 0 Å². The molecule has 28 heavy (non-hydrogen) atoms. The highest BCUT2D eigenvalue weighted by Gasteiger charge is 2.15. The molecule has 2 amide bonds. The van der Waals surface area contributed by atoms with E-state index >= 15 is 0 Å². The predicted octanol–water partition coefficient (Wildman–Crippen LogP) is 3.03. The molecule has 1 unspecified atom stereocenters. The van der Waals surface area contributed by atoms with Gasteiger partial charge in [0.25, 0.3) is 0 Å². The molecule has 3 rings (SSSR count). The Morgan fingerprint density at radius 1 is 0.964 bits per heavy atom. The van der Waals surface area contributed by atoms with Crippen molar-refractivity contribution >= 4 is 28.3 Å². The molecule has 0 aliphatic rings. The number of anilines is 1. The first kappa shape index (κ1) is 19.4. The fraction of sp³-hybridized carbons (Fsp3) is 0.182. The van der Waals surface area contributed by atoms with E-state index in [4.69, 9.17) is 4.74 Å². The van der Waals surface area contributed by atoms with Crippen molar-refractivity contribution in [3.8, 4) is 5.75 Å². The lowest BCUT2D eigenvalue weighted by Crippen LogP contribution is -2.36. The largest absolute Gasteiger partial charge is 0.497 e. The van der Waals surface area contributed by atoms with Gasteiger partial charge in [-0.3, -0.25) is 9.59 Å². The minimum atomic E-state index is -0.759. The van der Waals surface area contributed by atoms with Crippen molar-refractivity contribution in [2.24, 2.45) is 0 Å². The molecular weight excluding hydrogens is 356 g/mol. The fourth-order valence-corrected chi connectivity index (χ4v) is 2.96. The van der Waals surface area contributed by atoms with Crippen LogP contribution in [-0.2, 0) is 9.59 Å². The third-order valence-corrected chi connectivity index (χ3v) is 4.44. The average molecular weight is 378 g/mol. The zero-order chi connectivity index (χ0) is 19.9. The summed E-state index contributed by atoms with van der Waals surface area (Å²) in [6.45, 7) is 0.180. The van der Waals surface area contributed by atoms with Crippen molar-refractivity contribution < 1.29 is 19.4 Å². The number of benzene rings is 3. The molecule has 0 spiro atoms. The van der Waals surface area contributed by atoms with Crippen LogP contribution >= 0.6 is 0 Å². The third-order valence-electron chi connectivity index (χ3n) is 4.44. The summed E-state index contributed by atoms with van der Waals surface area (Å²) in [5, 5.41) is 17.6. The Labute approximate surface area is 163 Å². The molecule has 0 fully saturated rings. The first-order valence-corrected chi connectivity index (χ1v) is 8.97. The highest BCUT2D eigenvalue weighted by atomic mass is 16.5. The second-order valence-corrected chi connectivity index (χ2v) is 6.31. The van der Waals surface area contributed by atoms with Crippen LogP contribution in [0.2, 0.25) is 0 Å². The molecule has 3 N–H and O–H groups in total. The van der Waals surface area contributed by atoms with Gasteiger partial charge in [0.15, 0.2) is 0 Å². The van der Waals surface area contributed by atoms with Crippen LogP contribution in [0, 0.1) is 0 Å². The molecule has 144 valence electrons. The SMILES string of the molecule is COc1ccc(NC(=O)C(=O)NCCC(O)c2cccc3ccccc23)cc1. The van der Waals surface area contributed by atoms with Crippen LogP contribution in [-0.4, -0.2) is 30.6 Å². The monoisotopic (exact) mass is 378 g/mol. The maximum atomic E-state index is 12.0. The van der Waals surface area contributed by atoms with E-state index in [-0.39, 0.29) is 6.54 Å². The summed E-state index contributed by atoms with van der Waals surface area (Å²) in [6, 6.07) is 20.2. The van der Waals surface area contributed by atoms with Crippen LogP contribution < -0.4 is 15.4 Å². The van der Waals surface area contributed by atoms with Gasteiger partial charge in [0.2, 0.25) is 0 Å². The average Bonchev–Trinajstić information content (AvgIpc) is 2.73. The number of methoxy groups -OCH3 is 1. The van der Waals surface area contributed by atoms with Gasteiger partial charge in [0.05, 0.1) is 13.2 Å². The van der Waals surface area contributed by atoms with E-state index in [1.807, 2.05) is 42.5 Å². The molecule has 0 aliphatic heterocycles. The van der Waals surface area contributed by atoms with Gasteiger partial charge < -0.3 is 20.5 Å². The number of carbonyl (C=O) groups excluding carboxylic acids is 2. The molecule has 6 heteroatoms. The van der Waals surface area contributed by atoms with Gasteiger partial charge in [0, 0.05) is 12.2 Å². The van der Waals surface area contributed by atoms with Gasteiger partial charge in [-0.2, -0.15) is 0 Å². The molecule has 0 radical (unpaired) electrons. The standard InChI is InChI=1S/C22H22N2O4/c1-28-17-11-9-16(10-12-17)24-22(27)21(26)23-14-13-20(25)19-8-4-6-15-5-2-3-7-18(15)19/h2-12,20,25H,13-14H2,1H3,(H,23,26)(H,24,27). The van der Waals surface area contributed by atoms with E-state index in [2.05, 4.69) is 10.6 Å². The van der Waals surface area contributed by atoms with E-state index in [9.17, 15) is 14.7 Å². The van der Waals surface area contributed by atoms with E-state index in [1.165, 1.54) is 0 Å². The summed E-state index contributed by atoms with van der Waals surface area (Å²) in [7, 11) is 1.55. The first-order chi connectivity index (χ1) is 13.6. The van der Waals surface area contributed by atoms with Crippen molar-refractivity contribution in [1.29, 1.82) is 0 Å². The van der Waals surface area contributed by atoms with E-state index in [0.717, 1.165) is 16.3 Å². The van der Waals surface area contributed by atoms with Gasteiger partial charge in [0.1, 0.15) is 5.75 Å². The first-order valence-electron chi connectivity index (χ1n) is 8.97. The van der Waals surface area contributed by atoms with Crippen molar-refractivity contribution in [1.82, 2.24) is 5.32 Å². The van der Waals surface area contributed by atoms with Crippen molar-refractivity contribution in [2.45, 2.75) is 12.5 Å². The number of aliphatic hydroxyl groups is 1. The molecule has 6 nitrogen and oxygen atoms in total. The van der Waals surface area contributed by atoms with Gasteiger partial charge in [-0.25, -0.2) is 0 Å². The minimum Gasteiger partial charge on any atom is -0.497 e. The molecule has 0 aromatic heterocycles. The third kappa shape index (κ3) is 4.66.